The average Bonchev–Trinajstić information content (AvgIpc) is 3.25. The van der Waals surface area contributed by atoms with Crippen LogP contribution in [0.2, 0.25) is 0 Å². The summed E-state index contributed by atoms with van der Waals surface area (Å²) in [5.41, 5.74) is 2.42. The first kappa shape index (κ1) is 15.0. The molecule has 124 valence electrons. The van der Waals surface area contributed by atoms with Crippen LogP contribution < -0.4 is 15.4 Å². The van der Waals surface area contributed by atoms with Crippen molar-refractivity contribution in [3.63, 3.8) is 0 Å². The van der Waals surface area contributed by atoms with Crippen LogP contribution in [0.1, 0.15) is 24.4 Å². The summed E-state index contributed by atoms with van der Waals surface area (Å²) < 4.78 is 5.33. The number of fused-ring (bicyclic) bond motifs is 1. The van der Waals surface area contributed by atoms with Gasteiger partial charge in [0.15, 0.2) is 6.61 Å². The molecule has 7 heteroatoms. The van der Waals surface area contributed by atoms with Crippen LogP contribution in [0.3, 0.4) is 0 Å². The van der Waals surface area contributed by atoms with Gasteiger partial charge in [0, 0.05) is 12.2 Å². The third-order valence-corrected chi connectivity index (χ3v) is 5.01. The summed E-state index contributed by atoms with van der Waals surface area (Å²) in [4.78, 5) is 25.9. The number of benzene rings is 1. The van der Waals surface area contributed by atoms with E-state index in [0.717, 1.165) is 19.4 Å². The summed E-state index contributed by atoms with van der Waals surface area (Å²) in [7, 11) is 0. The molecule has 3 amide bonds. The van der Waals surface area contributed by atoms with E-state index >= 15 is 0 Å². The van der Waals surface area contributed by atoms with Gasteiger partial charge >= 0.3 is 6.03 Å². The van der Waals surface area contributed by atoms with Gasteiger partial charge in [-0.25, -0.2) is 4.79 Å². The lowest BCUT2D eigenvalue weighted by molar-refractivity contribution is -0.118. The molecule has 1 aromatic heterocycles. The van der Waals surface area contributed by atoms with E-state index in [1.165, 1.54) is 5.56 Å². The molecule has 2 N–H and O–H groups in total. The standard InChI is InChI=1S/C17H17N3O3S/c21-16-9-23-15-4-3-12(8-13(15)19-16)18-17(22)20-6-1-2-14(20)11-5-7-24-10-11/h3-5,7-8,10,14H,1-2,6,9H2,(H,18,22)(H,19,21)/t14-/m1/s1. The van der Waals surface area contributed by atoms with E-state index in [1.807, 2.05) is 10.3 Å². The Labute approximate surface area is 143 Å². The van der Waals surface area contributed by atoms with Crippen molar-refractivity contribution in [3.8, 4) is 5.75 Å². The highest BCUT2D eigenvalue weighted by atomic mass is 32.1. The quantitative estimate of drug-likeness (QED) is 0.877. The Morgan fingerprint density at radius 2 is 2.29 bits per heavy atom. The Bertz CT molecular complexity index is 775. The maximum atomic E-state index is 12.7. The molecule has 0 bridgehead atoms. The molecule has 0 unspecified atom stereocenters. The molecule has 6 nitrogen and oxygen atoms in total. The van der Waals surface area contributed by atoms with Crippen molar-refractivity contribution in [3.05, 3.63) is 40.6 Å². The van der Waals surface area contributed by atoms with Crippen LogP contribution in [0.4, 0.5) is 16.2 Å². The number of ether oxygens (including phenoxy) is 1. The monoisotopic (exact) mass is 343 g/mol. The molecule has 0 saturated carbocycles. The van der Waals surface area contributed by atoms with Crippen LogP contribution >= 0.6 is 11.3 Å². The molecule has 2 aromatic rings. The maximum Gasteiger partial charge on any atom is 0.322 e. The average molecular weight is 343 g/mol. The number of likely N-dealkylation sites (tertiary alicyclic amines) is 1. The predicted molar refractivity (Wildman–Crippen MR) is 92.6 cm³/mol. The number of anilines is 2. The van der Waals surface area contributed by atoms with Gasteiger partial charge in [-0.05, 0) is 53.4 Å². The zero-order valence-corrected chi connectivity index (χ0v) is 13.8. The summed E-state index contributed by atoms with van der Waals surface area (Å²) >= 11 is 1.65. The summed E-state index contributed by atoms with van der Waals surface area (Å²) in [6, 6.07) is 7.35. The lowest BCUT2D eigenvalue weighted by Crippen LogP contribution is -2.34. The lowest BCUT2D eigenvalue weighted by atomic mass is 10.1. The van der Waals surface area contributed by atoms with Crippen LogP contribution in [0.15, 0.2) is 35.0 Å². The van der Waals surface area contributed by atoms with Gasteiger partial charge in [0.1, 0.15) is 5.75 Å². The fraction of sp³-hybridized carbons (Fsp3) is 0.294. The van der Waals surface area contributed by atoms with Crippen LogP contribution in [0.25, 0.3) is 0 Å². The zero-order valence-electron chi connectivity index (χ0n) is 13.0. The summed E-state index contributed by atoms with van der Waals surface area (Å²) in [5, 5.41) is 9.81. The topological polar surface area (TPSA) is 70.7 Å². The third kappa shape index (κ3) is 2.82. The minimum absolute atomic E-state index is 0.0226. The van der Waals surface area contributed by atoms with Crippen LogP contribution in [-0.4, -0.2) is 30.0 Å². The Balaban J connectivity index is 1.50. The molecular formula is C17H17N3O3S. The molecule has 1 fully saturated rings. The number of thiophene rings is 1. The van der Waals surface area contributed by atoms with Crippen molar-refractivity contribution in [1.29, 1.82) is 0 Å². The van der Waals surface area contributed by atoms with Crippen LogP contribution in [0.5, 0.6) is 5.75 Å². The second kappa shape index (κ2) is 6.16. The number of amides is 3. The van der Waals surface area contributed by atoms with Crippen molar-refractivity contribution in [1.82, 2.24) is 4.90 Å². The molecule has 0 spiro atoms. The molecule has 2 aliphatic rings. The SMILES string of the molecule is O=C1COc2ccc(NC(=O)N3CCC[C@@H]3c3ccsc3)cc2N1. The van der Waals surface area contributed by atoms with Gasteiger partial charge in [0.05, 0.1) is 11.7 Å². The van der Waals surface area contributed by atoms with E-state index in [0.29, 0.717) is 17.1 Å². The highest BCUT2D eigenvalue weighted by Crippen LogP contribution is 2.34. The number of nitrogens with zero attached hydrogens (tertiary/aromatic N) is 1. The first-order valence-corrected chi connectivity index (χ1v) is 8.81. The van der Waals surface area contributed by atoms with Gasteiger partial charge < -0.3 is 20.3 Å². The van der Waals surface area contributed by atoms with Gasteiger partial charge in [-0.15, -0.1) is 0 Å². The fourth-order valence-corrected chi connectivity index (χ4v) is 3.88. The maximum absolute atomic E-state index is 12.7. The largest absolute Gasteiger partial charge is 0.482 e. The van der Waals surface area contributed by atoms with E-state index in [9.17, 15) is 9.59 Å². The molecular weight excluding hydrogens is 326 g/mol. The second-order valence-electron chi connectivity index (χ2n) is 5.89. The molecule has 1 aromatic carbocycles. The number of carbonyl (C=O) groups is 2. The number of hydrogen-bond donors (Lipinski definition) is 2. The number of hydrogen-bond acceptors (Lipinski definition) is 4. The van der Waals surface area contributed by atoms with E-state index in [-0.39, 0.29) is 24.6 Å². The minimum Gasteiger partial charge on any atom is -0.482 e. The molecule has 1 atom stereocenters. The fourth-order valence-electron chi connectivity index (χ4n) is 3.18. The molecule has 3 heterocycles. The van der Waals surface area contributed by atoms with E-state index in [2.05, 4.69) is 22.1 Å². The normalized spacial score (nSPS) is 19.4. The minimum atomic E-state index is -0.192. The van der Waals surface area contributed by atoms with E-state index < -0.39 is 0 Å². The predicted octanol–water partition coefficient (Wildman–Crippen LogP) is 3.45. The van der Waals surface area contributed by atoms with Crippen molar-refractivity contribution in [2.24, 2.45) is 0 Å². The van der Waals surface area contributed by atoms with Crippen molar-refractivity contribution < 1.29 is 14.3 Å². The molecule has 4 rings (SSSR count). The van der Waals surface area contributed by atoms with Crippen LogP contribution in [-0.2, 0) is 4.79 Å². The number of nitrogens with one attached hydrogen (secondary N) is 2. The first-order valence-electron chi connectivity index (χ1n) is 7.87. The molecule has 24 heavy (non-hydrogen) atoms. The lowest BCUT2D eigenvalue weighted by Gasteiger charge is -2.25. The molecule has 1 saturated heterocycles. The zero-order chi connectivity index (χ0) is 16.5. The highest BCUT2D eigenvalue weighted by molar-refractivity contribution is 7.08. The Morgan fingerprint density at radius 1 is 1.38 bits per heavy atom. The smallest absolute Gasteiger partial charge is 0.322 e. The summed E-state index contributed by atoms with van der Waals surface area (Å²) in [5.74, 6) is 0.424. The Morgan fingerprint density at radius 3 is 3.12 bits per heavy atom. The van der Waals surface area contributed by atoms with Crippen molar-refractivity contribution >= 4 is 34.6 Å². The number of carbonyl (C=O) groups excluding carboxylic acids is 2. The van der Waals surface area contributed by atoms with Gasteiger partial charge in [0.25, 0.3) is 5.91 Å². The molecule has 0 aliphatic carbocycles. The van der Waals surface area contributed by atoms with Gasteiger partial charge in [0.2, 0.25) is 0 Å². The molecule has 2 aliphatic heterocycles. The van der Waals surface area contributed by atoms with Gasteiger partial charge in [-0.1, -0.05) is 0 Å². The van der Waals surface area contributed by atoms with Gasteiger partial charge in [-0.3, -0.25) is 4.79 Å². The third-order valence-electron chi connectivity index (χ3n) is 4.31. The summed E-state index contributed by atoms with van der Waals surface area (Å²) in [6.45, 7) is 0.770. The number of urea groups is 1. The highest BCUT2D eigenvalue weighted by Gasteiger charge is 2.30. The first-order chi connectivity index (χ1) is 11.7. The van der Waals surface area contributed by atoms with E-state index in [1.54, 1.807) is 29.5 Å². The number of rotatable bonds is 2. The van der Waals surface area contributed by atoms with Crippen LogP contribution in [0, 0.1) is 0 Å². The van der Waals surface area contributed by atoms with Crippen molar-refractivity contribution in [2.75, 3.05) is 23.8 Å². The second-order valence-corrected chi connectivity index (χ2v) is 6.67. The van der Waals surface area contributed by atoms with Crippen molar-refractivity contribution in [2.45, 2.75) is 18.9 Å². The van der Waals surface area contributed by atoms with E-state index in [4.69, 9.17) is 4.74 Å². The van der Waals surface area contributed by atoms with Gasteiger partial charge in [-0.2, -0.15) is 11.3 Å². The summed E-state index contributed by atoms with van der Waals surface area (Å²) in [6.07, 6.45) is 1.99. The molecule has 0 radical (unpaired) electrons. The Hall–Kier alpha value is -2.54. The Kier molecular flexibility index (Phi) is 3.86.